The summed E-state index contributed by atoms with van der Waals surface area (Å²) in [5.41, 5.74) is 1.96. The van der Waals surface area contributed by atoms with Crippen LogP contribution in [0.2, 0.25) is 0 Å². The zero-order valence-electron chi connectivity index (χ0n) is 14.6. The molecule has 1 aromatic carbocycles. The molecule has 0 aliphatic heterocycles. The predicted octanol–water partition coefficient (Wildman–Crippen LogP) is 4.84. The zero-order chi connectivity index (χ0) is 20.6. The highest BCUT2D eigenvalue weighted by Crippen LogP contribution is 2.33. The minimum Gasteiger partial charge on any atom is -0.323 e. The van der Waals surface area contributed by atoms with Crippen molar-refractivity contribution in [2.75, 3.05) is 5.32 Å². The maximum atomic E-state index is 12.9. The quantitative estimate of drug-likeness (QED) is 0.499. The van der Waals surface area contributed by atoms with Crippen molar-refractivity contribution in [2.45, 2.75) is 12.7 Å². The summed E-state index contributed by atoms with van der Waals surface area (Å²) >= 11 is 2.85. The van der Waals surface area contributed by atoms with Crippen molar-refractivity contribution in [1.29, 1.82) is 0 Å². The molecule has 0 unspecified atom stereocenters. The average Bonchev–Trinajstić information content (AvgIpc) is 3.34. The van der Waals surface area contributed by atoms with Crippen LogP contribution in [0.1, 0.15) is 5.56 Å². The van der Waals surface area contributed by atoms with Crippen LogP contribution in [0.15, 0.2) is 57.5 Å². The molecule has 0 aliphatic carbocycles. The number of hydrogen-bond acceptors (Lipinski definition) is 5. The Morgan fingerprint density at radius 2 is 2.00 bits per heavy atom. The summed E-state index contributed by atoms with van der Waals surface area (Å²) in [5.74, 6) is -0.464. The van der Waals surface area contributed by atoms with Gasteiger partial charge in [-0.3, -0.25) is 14.2 Å². The molecule has 0 saturated heterocycles. The lowest BCUT2D eigenvalue weighted by atomic mass is 10.1. The van der Waals surface area contributed by atoms with Gasteiger partial charge in [0.2, 0.25) is 5.91 Å². The number of amides is 1. The second-order valence-corrected chi connectivity index (χ2v) is 7.75. The SMILES string of the molecule is O=C(Cn1c(=O)ccc2cc(C(F)(F)F)ccc21)Nc1ccsc1-c1cscn1. The van der Waals surface area contributed by atoms with Gasteiger partial charge < -0.3 is 5.32 Å². The van der Waals surface area contributed by atoms with E-state index in [4.69, 9.17) is 0 Å². The number of thiophene rings is 1. The summed E-state index contributed by atoms with van der Waals surface area (Å²) < 4.78 is 40.0. The number of benzene rings is 1. The second-order valence-electron chi connectivity index (χ2n) is 6.11. The number of pyridine rings is 1. The van der Waals surface area contributed by atoms with Gasteiger partial charge in [0.15, 0.2) is 0 Å². The van der Waals surface area contributed by atoms with Gasteiger partial charge in [0.25, 0.3) is 5.56 Å². The van der Waals surface area contributed by atoms with E-state index in [-0.39, 0.29) is 17.4 Å². The van der Waals surface area contributed by atoms with Crippen LogP contribution >= 0.6 is 22.7 Å². The molecule has 1 amide bonds. The fourth-order valence-electron chi connectivity index (χ4n) is 2.91. The van der Waals surface area contributed by atoms with Crippen LogP contribution in [0.3, 0.4) is 0 Å². The highest BCUT2D eigenvalue weighted by atomic mass is 32.1. The number of carbonyl (C=O) groups excluding carboxylic acids is 1. The molecule has 0 saturated carbocycles. The summed E-state index contributed by atoms with van der Waals surface area (Å²) in [6.45, 7) is -0.326. The van der Waals surface area contributed by atoms with E-state index in [9.17, 15) is 22.8 Å². The number of nitrogens with zero attached hydrogens (tertiary/aromatic N) is 2. The molecule has 0 radical (unpaired) electrons. The van der Waals surface area contributed by atoms with Crippen molar-refractivity contribution in [3.05, 3.63) is 68.6 Å². The first-order valence-electron chi connectivity index (χ1n) is 8.29. The minimum atomic E-state index is -4.49. The highest BCUT2D eigenvalue weighted by Gasteiger charge is 2.30. The van der Waals surface area contributed by atoms with Gasteiger partial charge in [-0.15, -0.1) is 22.7 Å². The third kappa shape index (κ3) is 3.94. The largest absolute Gasteiger partial charge is 0.416 e. The molecular formula is C19H12F3N3O2S2. The Labute approximate surface area is 170 Å². The Hall–Kier alpha value is -2.98. The third-order valence-corrected chi connectivity index (χ3v) is 5.75. The number of nitrogens with one attached hydrogen (secondary N) is 1. The lowest BCUT2D eigenvalue weighted by Gasteiger charge is -2.13. The van der Waals surface area contributed by atoms with E-state index in [0.29, 0.717) is 5.69 Å². The molecule has 3 aromatic heterocycles. The summed E-state index contributed by atoms with van der Waals surface area (Å²) in [7, 11) is 0. The predicted molar refractivity (Wildman–Crippen MR) is 107 cm³/mol. The molecule has 10 heteroatoms. The molecule has 5 nitrogen and oxygen atoms in total. The lowest BCUT2D eigenvalue weighted by molar-refractivity contribution is -0.137. The fraction of sp³-hybridized carbons (Fsp3) is 0.105. The monoisotopic (exact) mass is 435 g/mol. The topological polar surface area (TPSA) is 64.0 Å². The highest BCUT2D eigenvalue weighted by molar-refractivity contribution is 7.14. The number of hydrogen-bond donors (Lipinski definition) is 1. The summed E-state index contributed by atoms with van der Waals surface area (Å²) in [6, 6.07) is 7.27. The molecule has 3 heterocycles. The standard InChI is InChI=1S/C19H12F3N3O2S2/c20-19(21,22)12-2-3-15-11(7-12)1-4-17(27)25(15)8-16(26)24-13-5-6-29-18(13)14-9-28-10-23-14/h1-7,9-10H,8H2,(H,24,26). The van der Waals surface area contributed by atoms with Gasteiger partial charge in [-0.1, -0.05) is 0 Å². The van der Waals surface area contributed by atoms with Crippen molar-refractivity contribution in [1.82, 2.24) is 9.55 Å². The van der Waals surface area contributed by atoms with Gasteiger partial charge >= 0.3 is 6.18 Å². The minimum absolute atomic E-state index is 0.228. The number of aromatic nitrogens is 2. The maximum Gasteiger partial charge on any atom is 0.416 e. The molecule has 0 fully saturated rings. The fourth-order valence-corrected chi connectivity index (χ4v) is 4.34. The van der Waals surface area contributed by atoms with Crippen LogP contribution in [-0.2, 0) is 17.5 Å². The van der Waals surface area contributed by atoms with E-state index < -0.39 is 23.2 Å². The number of anilines is 1. The van der Waals surface area contributed by atoms with E-state index in [1.165, 1.54) is 34.8 Å². The molecule has 29 heavy (non-hydrogen) atoms. The van der Waals surface area contributed by atoms with E-state index >= 15 is 0 Å². The first-order chi connectivity index (χ1) is 13.8. The van der Waals surface area contributed by atoms with Gasteiger partial charge in [-0.2, -0.15) is 13.2 Å². The number of halogens is 3. The van der Waals surface area contributed by atoms with E-state index in [0.717, 1.165) is 33.3 Å². The molecule has 0 aliphatic rings. The van der Waals surface area contributed by atoms with Gasteiger partial charge in [-0.05, 0) is 41.1 Å². The number of rotatable bonds is 4. The maximum absolute atomic E-state index is 12.9. The van der Waals surface area contributed by atoms with Crippen molar-refractivity contribution in [2.24, 2.45) is 0 Å². The van der Waals surface area contributed by atoms with Crippen molar-refractivity contribution >= 4 is 45.2 Å². The van der Waals surface area contributed by atoms with Crippen molar-refractivity contribution in [3.8, 4) is 10.6 Å². The van der Waals surface area contributed by atoms with Crippen molar-refractivity contribution < 1.29 is 18.0 Å². The third-order valence-electron chi connectivity index (χ3n) is 4.22. The molecular weight excluding hydrogens is 423 g/mol. The normalized spacial score (nSPS) is 11.7. The Morgan fingerprint density at radius 1 is 1.17 bits per heavy atom. The lowest BCUT2D eigenvalue weighted by Crippen LogP contribution is -2.27. The van der Waals surface area contributed by atoms with Gasteiger partial charge in [0, 0.05) is 11.4 Å². The summed E-state index contributed by atoms with van der Waals surface area (Å²) in [4.78, 5) is 29.8. The van der Waals surface area contributed by atoms with Gasteiger partial charge in [-0.25, -0.2) is 4.98 Å². The summed E-state index contributed by atoms with van der Waals surface area (Å²) in [6.07, 6.45) is -4.49. The molecule has 4 aromatic rings. The van der Waals surface area contributed by atoms with Gasteiger partial charge in [0.05, 0.1) is 32.8 Å². The number of fused-ring (bicyclic) bond motifs is 1. The van der Waals surface area contributed by atoms with Crippen molar-refractivity contribution in [3.63, 3.8) is 0 Å². The smallest absolute Gasteiger partial charge is 0.323 e. The van der Waals surface area contributed by atoms with Crippen LogP contribution in [-0.4, -0.2) is 15.5 Å². The van der Waals surface area contributed by atoms with Crippen LogP contribution < -0.4 is 10.9 Å². The van der Waals surface area contributed by atoms with Gasteiger partial charge in [0.1, 0.15) is 6.54 Å². The molecule has 0 atom stereocenters. The Kier molecular flexibility index (Phi) is 4.97. The first kappa shape index (κ1) is 19.3. The number of alkyl halides is 3. The Balaban J connectivity index is 1.63. The average molecular weight is 435 g/mol. The van der Waals surface area contributed by atoms with Crippen LogP contribution in [0.4, 0.5) is 18.9 Å². The zero-order valence-corrected chi connectivity index (χ0v) is 16.2. The Bertz CT molecular complexity index is 1240. The van der Waals surface area contributed by atoms with Crippen LogP contribution in [0, 0.1) is 0 Å². The molecule has 1 N–H and O–H groups in total. The van der Waals surface area contributed by atoms with E-state index in [2.05, 4.69) is 10.3 Å². The second kappa shape index (κ2) is 7.45. The molecule has 4 rings (SSSR count). The first-order valence-corrected chi connectivity index (χ1v) is 10.1. The number of thiazole rings is 1. The molecule has 148 valence electrons. The van der Waals surface area contributed by atoms with E-state index in [1.807, 2.05) is 10.8 Å². The summed E-state index contributed by atoms with van der Waals surface area (Å²) in [5, 5.41) is 6.65. The van der Waals surface area contributed by atoms with Crippen LogP contribution in [0.25, 0.3) is 21.5 Å². The number of carbonyl (C=O) groups is 1. The molecule has 0 spiro atoms. The van der Waals surface area contributed by atoms with Crippen LogP contribution in [0.5, 0.6) is 0 Å². The Morgan fingerprint density at radius 3 is 2.72 bits per heavy atom. The molecule has 0 bridgehead atoms. The van der Waals surface area contributed by atoms with E-state index in [1.54, 1.807) is 11.6 Å².